The first-order chi connectivity index (χ1) is 25.1. The van der Waals surface area contributed by atoms with Crippen LogP contribution in [0.1, 0.15) is 53.4 Å². The lowest BCUT2D eigenvalue weighted by atomic mass is 10.0. The molecule has 4 aromatic carbocycles. The minimum Gasteiger partial charge on any atom is -0.484 e. The molecule has 0 bridgehead atoms. The minimum absolute atomic E-state index is 0.00731. The predicted molar refractivity (Wildman–Crippen MR) is 193 cm³/mol. The van der Waals surface area contributed by atoms with E-state index in [-0.39, 0.29) is 31.7 Å². The summed E-state index contributed by atoms with van der Waals surface area (Å²) < 4.78 is 47.9. The second-order valence-corrected chi connectivity index (χ2v) is 13.3. The van der Waals surface area contributed by atoms with Gasteiger partial charge in [0, 0.05) is 31.5 Å². The van der Waals surface area contributed by atoms with Crippen molar-refractivity contribution in [3.8, 4) is 5.75 Å². The Morgan fingerprint density at radius 1 is 0.604 bits per heavy atom. The summed E-state index contributed by atoms with van der Waals surface area (Å²) in [6.07, 6.45) is -4.91. The van der Waals surface area contributed by atoms with Gasteiger partial charge in [-0.1, -0.05) is 84.9 Å². The van der Waals surface area contributed by atoms with E-state index < -0.39 is 54.3 Å². The highest BCUT2D eigenvalue weighted by molar-refractivity contribution is 5.98. The molecule has 10 nitrogen and oxygen atoms in total. The highest BCUT2D eigenvalue weighted by Crippen LogP contribution is 2.20. The Balaban J connectivity index is 1.46. The summed E-state index contributed by atoms with van der Waals surface area (Å²) in [6, 6.07) is 28.2. The molecule has 0 saturated carbocycles. The van der Waals surface area contributed by atoms with Gasteiger partial charge >= 0.3 is 12.3 Å². The van der Waals surface area contributed by atoms with E-state index in [2.05, 4.69) is 21.3 Å². The topological polar surface area (TPSA) is 135 Å². The zero-order chi connectivity index (χ0) is 38.4. The summed E-state index contributed by atoms with van der Waals surface area (Å²) in [5.74, 6) is -1.63. The Kier molecular flexibility index (Phi) is 14.0. The van der Waals surface area contributed by atoms with Gasteiger partial charge in [-0.15, -0.1) is 0 Å². The number of alkyl carbamates (subject to hydrolysis) is 1. The normalized spacial score (nSPS) is 12.5. The molecule has 4 amide bonds. The Labute approximate surface area is 306 Å². The molecule has 0 heterocycles. The van der Waals surface area contributed by atoms with Crippen molar-refractivity contribution in [1.82, 2.24) is 21.3 Å². The summed E-state index contributed by atoms with van der Waals surface area (Å²) in [7, 11) is 0. The molecule has 0 radical (unpaired) electrons. The maximum absolute atomic E-state index is 13.9. The first-order valence-corrected chi connectivity index (χ1v) is 16.9. The number of benzene rings is 4. The standard InChI is InChI=1S/C40H43F3N4O6/c1-39(2,3)53-38(51)45-25-30-16-14-29(15-17-30)24-44-36(49)33(22-27-10-6-4-7-11-27)47-37(50)34(46-35(48)31-12-8-5-9-13-31)23-28-18-20-32(21-19-28)52-26-40(41,42)43/h4-21,33-34H,22-26H2,1-3H3,(H,44,49)(H,45,51)(H,46,48)(H,47,50)/t33-,34+/m0/s1. The summed E-state index contributed by atoms with van der Waals surface area (Å²) in [6.45, 7) is 4.29. The fourth-order valence-electron chi connectivity index (χ4n) is 5.07. The number of carbonyl (C=O) groups is 4. The van der Waals surface area contributed by atoms with Crippen molar-refractivity contribution in [2.24, 2.45) is 0 Å². The third-order valence-electron chi connectivity index (χ3n) is 7.66. The van der Waals surface area contributed by atoms with Crippen molar-refractivity contribution in [2.45, 2.75) is 70.6 Å². The number of nitrogens with one attached hydrogen (secondary N) is 4. The maximum atomic E-state index is 13.9. The minimum atomic E-state index is -4.50. The van der Waals surface area contributed by atoms with Gasteiger partial charge in [0.05, 0.1) is 0 Å². The van der Waals surface area contributed by atoms with Crippen LogP contribution in [0, 0.1) is 0 Å². The summed E-state index contributed by atoms with van der Waals surface area (Å²) in [5, 5.41) is 11.1. The number of halogens is 3. The van der Waals surface area contributed by atoms with Crippen molar-refractivity contribution < 1.29 is 41.8 Å². The molecule has 280 valence electrons. The number of hydrogen-bond donors (Lipinski definition) is 4. The molecule has 0 saturated heterocycles. The van der Waals surface area contributed by atoms with E-state index in [0.717, 1.165) is 16.7 Å². The monoisotopic (exact) mass is 732 g/mol. The van der Waals surface area contributed by atoms with Crippen molar-refractivity contribution in [2.75, 3.05) is 6.61 Å². The molecule has 0 aromatic heterocycles. The first-order valence-electron chi connectivity index (χ1n) is 16.9. The smallest absolute Gasteiger partial charge is 0.422 e. The van der Waals surface area contributed by atoms with Crippen LogP contribution in [-0.4, -0.2) is 54.3 Å². The van der Waals surface area contributed by atoms with Crippen LogP contribution in [0.25, 0.3) is 0 Å². The van der Waals surface area contributed by atoms with Crippen LogP contribution in [0.2, 0.25) is 0 Å². The Morgan fingerprint density at radius 3 is 1.64 bits per heavy atom. The molecule has 53 heavy (non-hydrogen) atoms. The second kappa shape index (κ2) is 18.6. The first kappa shape index (κ1) is 39.9. The van der Waals surface area contributed by atoms with Gasteiger partial charge in [-0.3, -0.25) is 14.4 Å². The number of ether oxygens (including phenoxy) is 2. The SMILES string of the molecule is CC(C)(C)OC(=O)NCc1ccc(CNC(=O)[C@H](Cc2ccccc2)NC(=O)[C@@H](Cc2ccc(OCC(F)(F)F)cc2)NC(=O)c2ccccc2)cc1. The summed E-state index contributed by atoms with van der Waals surface area (Å²) in [5.41, 5.74) is 2.62. The molecular formula is C40H43F3N4O6. The largest absolute Gasteiger partial charge is 0.484 e. The third-order valence-corrected chi connectivity index (χ3v) is 7.66. The van der Waals surface area contributed by atoms with Crippen LogP contribution in [0.3, 0.4) is 0 Å². The van der Waals surface area contributed by atoms with Crippen LogP contribution < -0.4 is 26.0 Å². The molecule has 4 N–H and O–H groups in total. The molecule has 0 aliphatic carbocycles. The molecular weight excluding hydrogens is 689 g/mol. The summed E-state index contributed by atoms with van der Waals surface area (Å²) >= 11 is 0. The highest BCUT2D eigenvalue weighted by atomic mass is 19.4. The molecule has 0 spiro atoms. The zero-order valence-electron chi connectivity index (χ0n) is 29.7. The fraction of sp³-hybridized carbons (Fsp3) is 0.300. The Morgan fingerprint density at radius 2 is 1.09 bits per heavy atom. The Hall–Kier alpha value is -5.85. The zero-order valence-corrected chi connectivity index (χ0v) is 29.7. The van der Waals surface area contributed by atoms with E-state index in [4.69, 9.17) is 9.47 Å². The van der Waals surface area contributed by atoms with E-state index in [1.807, 2.05) is 54.6 Å². The molecule has 4 rings (SSSR count). The average Bonchev–Trinajstić information content (AvgIpc) is 3.12. The van der Waals surface area contributed by atoms with Gasteiger partial charge in [0.15, 0.2) is 6.61 Å². The quantitative estimate of drug-likeness (QED) is 0.118. The highest BCUT2D eigenvalue weighted by Gasteiger charge is 2.29. The average molecular weight is 733 g/mol. The van der Waals surface area contributed by atoms with Crippen LogP contribution in [0.4, 0.5) is 18.0 Å². The fourth-order valence-corrected chi connectivity index (χ4v) is 5.07. The van der Waals surface area contributed by atoms with E-state index in [1.54, 1.807) is 51.1 Å². The van der Waals surface area contributed by atoms with Gasteiger partial charge in [-0.05, 0) is 67.3 Å². The van der Waals surface area contributed by atoms with Gasteiger partial charge in [0.1, 0.15) is 23.4 Å². The predicted octanol–water partition coefficient (Wildman–Crippen LogP) is 6.04. The van der Waals surface area contributed by atoms with Gasteiger partial charge < -0.3 is 30.7 Å². The molecule has 4 aromatic rings. The molecule has 0 unspecified atom stereocenters. The lowest BCUT2D eigenvalue weighted by molar-refractivity contribution is -0.153. The van der Waals surface area contributed by atoms with Crippen LogP contribution >= 0.6 is 0 Å². The molecule has 13 heteroatoms. The number of rotatable bonds is 15. The van der Waals surface area contributed by atoms with E-state index >= 15 is 0 Å². The number of amides is 4. The van der Waals surface area contributed by atoms with Crippen LogP contribution in [0.5, 0.6) is 5.75 Å². The van der Waals surface area contributed by atoms with Gasteiger partial charge in [0.25, 0.3) is 5.91 Å². The van der Waals surface area contributed by atoms with Crippen LogP contribution in [0.15, 0.2) is 109 Å². The number of alkyl halides is 3. The molecule has 0 aliphatic heterocycles. The van der Waals surface area contributed by atoms with Gasteiger partial charge in [-0.2, -0.15) is 13.2 Å². The molecule has 2 atom stereocenters. The van der Waals surface area contributed by atoms with Crippen molar-refractivity contribution >= 4 is 23.8 Å². The van der Waals surface area contributed by atoms with Crippen LogP contribution in [-0.2, 0) is 40.3 Å². The molecule has 0 fully saturated rings. The lowest BCUT2D eigenvalue weighted by Crippen LogP contribution is -2.55. The van der Waals surface area contributed by atoms with Crippen molar-refractivity contribution in [1.29, 1.82) is 0 Å². The van der Waals surface area contributed by atoms with Crippen molar-refractivity contribution in [3.63, 3.8) is 0 Å². The second-order valence-electron chi connectivity index (χ2n) is 13.3. The Bertz CT molecular complexity index is 1800. The van der Waals surface area contributed by atoms with Gasteiger partial charge in [-0.25, -0.2) is 4.79 Å². The number of hydrogen-bond acceptors (Lipinski definition) is 6. The number of carbonyl (C=O) groups excluding carboxylic acids is 4. The summed E-state index contributed by atoms with van der Waals surface area (Å²) in [4.78, 5) is 52.7. The van der Waals surface area contributed by atoms with E-state index in [0.29, 0.717) is 11.1 Å². The van der Waals surface area contributed by atoms with Crippen molar-refractivity contribution in [3.05, 3.63) is 137 Å². The lowest BCUT2D eigenvalue weighted by Gasteiger charge is -2.24. The van der Waals surface area contributed by atoms with E-state index in [9.17, 15) is 32.3 Å². The van der Waals surface area contributed by atoms with E-state index in [1.165, 1.54) is 24.3 Å². The molecule has 0 aliphatic rings. The van der Waals surface area contributed by atoms with Gasteiger partial charge in [0.2, 0.25) is 11.8 Å². The third kappa shape index (κ3) is 14.4. The maximum Gasteiger partial charge on any atom is 0.422 e.